The van der Waals surface area contributed by atoms with E-state index in [0.29, 0.717) is 17.7 Å². The van der Waals surface area contributed by atoms with Gasteiger partial charge < -0.3 is 5.73 Å². The third-order valence-electron chi connectivity index (χ3n) is 2.44. The average molecular weight is 264 g/mol. The van der Waals surface area contributed by atoms with Gasteiger partial charge in [-0.3, -0.25) is 4.90 Å². The second-order valence-corrected chi connectivity index (χ2v) is 4.17. The van der Waals surface area contributed by atoms with Crippen molar-refractivity contribution in [3.05, 3.63) is 29.6 Å². The highest BCUT2D eigenvalue weighted by Crippen LogP contribution is 2.21. The Balaban J connectivity index is 2.79. The molecule has 1 aromatic carbocycles. The van der Waals surface area contributed by atoms with E-state index in [1.807, 2.05) is 0 Å². The van der Waals surface area contributed by atoms with Crippen LogP contribution >= 0.6 is 0 Å². The molecule has 0 fully saturated rings. The summed E-state index contributed by atoms with van der Waals surface area (Å²) in [6.07, 6.45) is -3.68. The smallest absolute Gasteiger partial charge is 0.398 e. The number of nitrogen functional groups attached to an aromatic ring is 1. The van der Waals surface area contributed by atoms with E-state index in [4.69, 9.17) is 5.73 Å². The van der Waals surface area contributed by atoms with Crippen molar-refractivity contribution in [2.45, 2.75) is 26.1 Å². The fraction of sp³-hybridized carbons (Fsp3) is 0.500. The maximum Gasteiger partial charge on any atom is 0.401 e. The summed E-state index contributed by atoms with van der Waals surface area (Å²) in [6, 6.07) is 3.73. The van der Waals surface area contributed by atoms with Crippen molar-refractivity contribution in [2.75, 3.05) is 18.8 Å². The minimum atomic E-state index is -4.27. The summed E-state index contributed by atoms with van der Waals surface area (Å²) in [7, 11) is 0. The molecule has 2 N–H and O–H groups in total. The Morgan fingerprint density at radius 2 is 1.94 bits per heavy atom. The van der Waals surface area contributed by atoms with E-state index in [1.54, 1.807) is 6.92 Å². The number of nitrogens with two attached hydrogens (primary N) is 1. The zero-order valence-electron chi connectivity index (χ0n) is 10.1. The largest absolute Gasteiger partial charge is 0.401 e. The first kappa shape index (κ1) is 14.8. The Morgan fingerprint density at radius 1 is 1.28 bits per heavy atom. The van der Waals surface area contributed by atoms with Crippen molar-refractivity contribution in [1.82, 2.24) is 4.90 Å². The Bertz CT molecular complexity index is 390. The molecule has 0 saturated carbocycles. The molecule has 0 amide bonds. The third-order valence-corrected chi connectivity index (χ3v) is 2.44. The number of alkyl halides is 3. The molecule has 0 saturated heterocycles. The molecule has 0 aromatic heterocycles. The molecule has 0 atom stereocenters. The summed E-state index contributed by atoms with van der Waals surface area (Å²) < 4.78 is 50.1. The van der Waals surface area contributed by atoms with Crippen LogP contribution in [0.25, 0.3) is 0 Å². The fourth-order valence-electron chi connectivity index (χ4n) is 1.74. The predicted molar refractivity (Wildman–Crippen MR) is 62.4 cm³/mol. The lowest BCUT2D eigenvalue weighted by atomic mass is 10.1. The minimum absolute atomic E-state index is 0.00303. The van der Waals surface area contributed by atoms with E-state index < -0.39 is 18.5 Å². The highest BCUT2D eigenvalue weighted by atomic mass is 19.4. The van der Waals surface area contributed by atoms with Gasteiger partial charge in [0.2, 0.25) is 0 Å². The van der Waals surface area contributed by atoms with E-state index in [2.05, 4.69) is 0 Å². The molecule has 18 heavy (non-hydrogen) atoms. The Labute approximate surface area is 103 Å². The lowest BCUT2D eigenvalue weighted by molar-refractivity contribution is -0.147. The number of halogens is 4. The van der Waals surface area contributed by atoms with E-state index in [-0.39, 0.29) is 13.1 Å². The van der Waals surface area contributed by atoms with Gasteiger partial charge in [0, 0.05) is 12.2 Å². The molecule has 0 heterocycles. The molecular formula is C12H16F4N2. The normalized spacial score (nSPS) is 12.1. The molecule has 2 nitrogen and oxygen atoms in total. The van der Waals surface area contributed by atoms with E-state index in [1.165, 1.54) is 23.1 Å². The molecule has 102 valence electrons. The van der Waals surface area contributed by atoms with Crippen LogP contribution in [0.15, 0.2) is 18.2 Å². The molecule has 0 aliphatic carbocycles. The number of rotatable bonds is 5. The van der Waals surface area contributed by atoms with Crippen molar-refractivity contribution in [3.8, 4) is 0 Å². The van der Waals surface area contributed by atoms with E-state index in [0.717, 1.165) is 0 Å². The Kier molecular flexibility index (Phi) is 4.95. The van der Waals surface area contributed by atoms with Crippen molar-refractivity contribution in [1.29, 1.82) is 0 Å². The summed E-state index contributed by atoms with van der Waals surface area (Å²) in [6.45, 7) is 1.06. The fourth-order valence-corrected chi connectivity index (χ4v) is 1.74. The maximum absolute atomic E-state index is 13.0. The van der Waals surface area contributed by atoms with Crippen molar-refractivity contribution >= 4 is 5.69 Å². The van der Waals surface area contributed by atoms with Crippen molar-refractivity contribution in [3.63, 3.8) is 0 Å². The van der Waals surface area contributed by atoms with Gasteiger partial charge >= 0.3 is 6.18 Å². The summed E-state index contributed by atoms with van der Waals surface area (Å²) >= 11 is 0. The van der Waals surface area contributed by atoms with Crippen molar-refractivity contribution in [2.24, 2.45) is 0 Å². The number of benzene rings is 1. The van der Waals surface area contributed by atoms with E-state index in [9.17, 15) is 17.6 Å². The van der Waals surface area contributed by atoms with Gasteiger partial charge in [-0.25, -0.2) is 4.39 Å². The van der Waals surface area contributed by atoms with Gasteiger partial charge in [-0.05, 0) is 36.7 Å². The summed E-state index contributed by atoms with van der Waals surface area (Å²) in [5.41, 5.74) is 6.31. The summed E-state index contributed by atoms with van der Waals surface area (Å²) in [5.74, 6) is -0.498. The first-order chi connectivity index (χ1) is 8.31. The van der Waals surface area contributed by atoms with Gasteiger partial charge in [-0.1, -0.05) is 6.92 Å². The highest BCUT2D eigenvalue weighted by Gasteiger charge is 2.30. The lowest BCUT2D eigenvalue weighted by Crippen LogP contribution is -2.34. The van der Waals surface area contributed by atoms with Crippen LogP contribution in [0.3, 0.4) is 0 Å². The minimum Gasteiger partial charge on any atom is -0.398 e. The topological polar surface area (TPSA) is 29.3 Å². The second-order valence-electron chi connectivity index (χ2n) is 4.17. The number of hydrogen-bond acceptors (Lipinski definition) is 2. The monoisotopic (exact) mass is 264 g/mol. The van der Waals surface area contributed by atoms with Crippen LogP contribution in [0.1, 0.15) is 18.9 Å². The molecule has 0 spiro atoms. The molecular weight excluding hydrogens is 248 g/mol. The number of anilines is 1. The van der Waals surface area contributed by atoms with Crippen LogP contribution in [-0.4, -0.2) is 24.2 Å². The van der Waals surface area contributed by atoms with Gasteiger partial charge in [-0.2, -0.15) is 13.2 Å². The van der Waals surface area contributed by atoms with Gasteiger partial charge in [0.15, 0.2) is 0 Å². The summed E-state index contributed by atoms with van der Waals surface area (Å²) in [5, 5.41) is 0. The molecule has 0 unspecified atom stereocenters. The highest BCUT2D eigenvalue weighted by molar-refractivity contribution is 5.46. The standard InChI is InChI=1S/C12H16F4N2/c1-2-5-18(8-12(14,15)16)7-9-6-10(13)3-4-11(9)17/h3-4,6H,2,5,7-8,17H2,1H3. The maximum atomic E-state index is 13.0. The van der Waals surface area contributed by atoms with Gasteiger partial charge in [-0.15, -0.1) is 0 Å². The zero-order chi connectivity index (χ0) is 13.8. The quantitative estimate of drug-likeness (QED) is 0.653. The molecule has 0 aliphatic rings. The SMILES string of the molecule is CCCN(Cc1cc(F)ccc1N)CC(F)(F)F. The number of hydrogen-bond donors (Lipinski definition) is 1. The molecule has 0 bridgehead atoms. The second kappa shape index (κ2) is 6.04. The zero-order valence-corrected chi connectivity index (χ0v) is 10.1. The van der Waals surface area contributed by atoms with Gasteiger partial charge in [0.05, 0.1) is 6.54 Å². The van der Waals surface area contributed by atoms with E-state index >= 15 is 0 Å². The third kappa shape index (κ3) is 4.91. The van der Waals surface area contributed by atoms with Crippen LogP contribution in [0.2, 0.25) is 0 Å². The Hall–Kier alpha value is -1.30. The van der Waals surface area contributed by atoms with Crippen molar-refractivity contribution < 1.29 is 17.6 Å². The Morgan fingerprint density at radius 3 is 2.50 bits per heavy atom. The lowest BCUT2D eigenvalue weighted by Gasteiger charge is -2.23. The van der Waals surface area contributed by atoms with Crippen LogP contribution in [0.5, 0.6) is 0 Å². The number of nitrogens with zero attached hydrogens (tertiary/aromatic N) is 1. The molecule has 1 rings (SSSR count). The van der Waals surface area contributed by atoms with Crippen LogP contribution in [-0.2, 0) is 6.54 Å². The predicted octanol–water partition coefficient (Wildman–Crippen LogP) is 3.18. The van der Waals surface area contributed by atoms with Crippen LogP contribution in [0.4, 0.5) is 23.2 Å². The van der Waals surface area contributed by atoms with Gasteiger partial charge in [0.1, 0.15) is 5.82 Å². The molecule has 6 heteroatoms. The summed E-state index contributed by atoms with van der Waals surface area (Å²) in [4.78, 5) is 1.21. The molecule has 1 aromatic rings. The van der Waals surface area contributed by atoms with Crippen LogP contribution < -0.4 is 5.73 Å². The van der Waals surface area contributed by atoms with Crippen LogP contribution in [0, 0.1) is 5.82 Å². The average Bonchev–Trinajstić information content (AvgIpc) is 2.21. The first-order valence-electron chi connectivity index (χ1n) is 5.65. The molecule has 0 radical (unpaired) electrons. The molecule has 0 aliphatic heterocycles. The van der Waals surface area contributed by atoms with Gasteiger partial charge in [0.25, 0.3) is 0 Å². The first-order valence-corrected chi connectivity index (χ1v) is 5.65.